The predicted molar refractivity (Wildman–Crippen MR) is 83.8 cm³/mol. The third-order valence-corrected chi connectivity index (χ3v) is 6.43. The number of nitrogens with zero attached hydrogens (tertiary/aromatic N) is 2. The molecule has 6 nitrogen and oxygen atoms in total. The molecule has 0 spiro atoms. The Morgan fingerprint density at radius 2 is 1.86 bits per heavy atom. The van der Waals surface area contributed by atoms with Gasteiger partial charge in [0.05, 0.1) is 18.3 Å². The van der Waals surface area contributed by atoms with Crippen LogP contribution in [0.5, 0.6) is 5.75 Å². The lowest BCUT2D eigenvalue weighted by Crippen LogP contribution is -2.57. The lowest BCUT2D eigenvalue weighted by atomic mass is 10.2. The van der Waals surface area contributed by atoms with Gasteiger partial charge in [0.1, 0.15) is 11.9 Å². The van der Waals surface area contributed by atoms with Crippen molar-refractivity contribution in [1.82, 2.24) is 8.87 Å². The van der Waals surface area contributed by atoms with Crippen LogP contribution in [0.2, 0.25) is 0 Å². The topological polar surface area (TPSA) is 68.6 Å². The number of aromatic nitrogens is 1. The summed E-state index contributed by atoms with van der Waals surface area (Å²) in [6.45, 7) is 5.95. The fraction of sp³-hybridized carbons (Fsp3) is 0.667. The highest BCUT2D eigenvalue weighted by atomic mass is 32.2. The van der Waals surface area contributed by atoms with Crippen molar-refractivity contribution in [3.05, 3.63) is 28.2 Å². The van der Waals surface area contributed by atoms with Gasteiger partial charge in [0.25, 0.3) is 5.56 Å². The van der Waals surface area contributed by atoms with Gasteiger partial charge >= 0.3 is 0 Å². The number of sulfonamides is 1. The Bertz CT molecular complexity index is 728. The first-order valence-electron chi connectivity index (χ1n) is 7.68. The van der Waals surface area contributed by atoms with E-state index >= 15 is 0 Å². The Kier molecular flexibility index (Phi) is 3.81. The van der Waals surface area contributed by atoms with Crippen LogP contribution in [0.4, 0.5) is 0 Å². The molecule has 0 atom stereocenters. The molecule has 0 unspecified atom stereocenters. The molecule has 1 aromatic rings. The molecule has 7 heteroatoms. The molecular weight excluding hydrogens is 304 g/mol. The molecule has 2 aliphatic rings. The van der Waals surface area contributed by atoms with Gasteiger partial charge in [-0.25, -0.2) is 8.42 Å². The number of aryl methyl sites for hydroxylation is 1. The minimum absolute atomic E-state index is 0.0384. The highest BCUT2D eigenvalue weighted by molar-refractivity contribution is 7.89. The van der Waals surface area contributed by atoms with Gasteiger partial charge in [0.2, 0.25) is 10.0 Å². The molecule has 1 aromatic heterocycles. The van der Waals surface area contributed by atoms with Crippen molar-refractivity contribution in [1.29, 1.82) is 0 Å². The van der Waals surface area contributed by atoms with E-state index in [0.29, 0.717) is 24.9 Å². The highest BCUT2D eigenvalue weighted by Crippen LogP contribution is 2.35. The van der Waals surface area contributed by atoms with Crippen LogP contribution >= 0.6 is 0 Å². The van der Waals surface area contributed by atoms with Crippen LogP contribution < -0.4 is 10.3 Å². The third kappa shape index (κ3) is 2.79. The summed E-state index contributed by atoms with van der Waals surface area (Å²) in [5.74, 6) is 0.533. The zero-order valence-corrected chi connectivity index (χ0v) is 14.0. The molecule has 1 saturated heterocycles. The van der Waals surface area contributed by atoms with Gasteiger partial charge in [-0.1, -0.05) is 0 Å². The predicted octanol–water partition coefficient (Wildman–Crippen LogP) is 1.29. The Balaban J connectivity index is 1.65. The third-order valence-electron chi connectivity index (χ3n) is 4.22. The van der Waals surface area contributed by atoms with E-state index in [-0.39, 0.29) is 11.7 Å². The highest BCUT2D eigenvalue weighted by Gasteiger charge is 2.38. The van der Waals surface area contributed by atoms with Crippen LogP contribution in [0.3, 0.4) is 0 Å². The molecule has 0 amide bonds. The van der Waals surface area contributed by atoms with E-state index in [1.165, 1.54) is 10.4 Å². The molecule has 0 N–H and O–H groups in total. The second-order valence-corrected chi connectivity index (χ2v) is 8.91. The smallest absolute Gasteiger partial charge is 0.254 e. The van der Waals surface area contributed by atoms with Gasteiger partial charge in [0.15, 0.2) is 0 Å². The quantitative estimate of drug-likeness (QED) is 0.818. The lowest BCUT2D eigenvalue weighted by molar-refractivity contribution is 0.0753. The van der Waals surface area contributed by atoms with Crippen LogP contribution in [-0.2, 0) is 10.0 Å². The van der Waals surface area contributed by atoms with Gasteiger partial charge in [-0.3, -0.25) is 4.79 Å². The van der Waals surface area contributed by atoms with Crippen LogP contribution in [0, 0.1) is 6.92 Å². The van der Waals surface area contributed by atoms with Crippen LogP contribution in [-0.4, -0.2) is 41.7 Å². The van der Waals surface area contributed by atoms with Crippen molar-refractivity contribution in [2.45, 2.75) is 51.0 Å². The molecule has 2 heterocycles. The lowest BCUT2D eigenvalue weighted by Gasteiger charge is -2.38. The maximum absolute atomic E-state index is 12.1. The van der Waals surface area contributed by atoms with Gasteiger partial charge in [-0.15, -0.1) is 0 Å². The Hall–Kier alpha value is -1.34. The summed E-state index contributed by atoms with van der Waals surface area (Å²) in [7, 11) is -3.20. The average Bonchev–Trinajstić information content (AvgIpc) is 3.16. The maximum atomic E-state index is 12.1. The molecule has 3 rings (SSSR count). The molecule has 122 valence electrons. The molecule has 0 bridgehead atoms. The molecule has 1 aliphatic heterocycles. The van der Waals surface area contributed by atoms with E-state index in [4.69, 9.17) is 4.74 Å². The monoisotopic (exact) mass is 326 g/mol. The first-order chi connectivity index (χ1) is 10.3. The molecule has 22 heavy (non-hydrogen) atoms. The largest absolute Gasteiger partial charge is 0.487 e. The molecule has 0 aromatic carbocycles. The number of hydrogen-bond donors (Lipinski definition) is 0. The van der Waals surface area contributed by atoms with E-state index in [1.807, 2.05) is 17.6 Å². The maximum Gasteiger partial charge on any atom is 0.254 e. The minimum Gasteiger partial charge on any atom is -0.487 e. The van der Waals surface area contributed by atoms with E-state index in [9.17, 15) is 13.2 Å². The molecule has 2 fully saturated rings. The number of ether oxygens (including phenoxy) is 1. The Morgan fingerprint density at radius 3 is 2.36 bits per heavy atom. The normalized spacial score (nSPS) is 20.2. The Labute approximate surface area is 130 Å². The van der Waals surface area contributed by atoms with Gasteiger partial charge in [-0.2, -0.15) is 4.31 Å². The fourth-order valence-electron chi connectivity index (χ4n) is 2.72. The van der Waals surface area contributed by atoms with Crippen LogP contribution in [0.1, 0.15) is 38.4 Å². The molecular formula is C15H22N2O4S. The second kappa shape index (κ2) is 5.38. The van der Waals surface area contributed by atoms with Gasteiger partial charge < -0.3 is 9.30 Å². The Morgan fingerprint density at radius 1 is 1.23 bits per heavy atom. The summed E-state index contributed by atoms with van der Waals surface area (Å²) in [5.41, 5.74) is 0.861. The summed E-state index contributed by atoms with van der Waals surface area (Å²) < 4.78 is 32.9. The number of pyridine rings is 1. The second-order valence-electron chi connectivity index (χ2n) is 6.42. The number of hydrogen-bond acceptors (Lipinski definition) is 4. The fourth-order valence-corrected chi connectivity index (χ4v) is 4.07. The van der Waals surface area contributed by atoms with E-state index in [0.717, 1.165) is 18.5 Å². The van der Waals surface area contributed by atoms with Crippen molar-refractivity contribution >= 4 is 10.0 Å². The van der Waals surface area contributed by atoms with E-state index < -0.39 is 15.3 Å². The summed E-state index contributed by atoms with van der Waals surface area (Å²) in [5, 5.41) is -0.418. The van der Waals surface area contributed by atoms with Crippen molar-refractivity contribution < 1.29 is 13.2 Å². The van der Waals surface area contributed by atoms with Crippen LogP contribution in [0.25, 0.3) is 0 Å². The summed E-state index contributed by atoms with van der Waals surface area (Å²) in [4.78, 5) is 12.1. The SMILES string of the molecule is Cc1cc(OC2CN(S(=O)(=O)C(C)C)C2)cc(=O)n1C1CC1. The van der Waals surface area contributed by atoms with Gasteiger partial charge in [0, 0.05) is 17.8 Å². The summed E-state index contributed by atoms with van der Waals surface area (Å²) >= 11 is 0. The van der Waals surface area contributed by atoms with Crippen molar-refractivity contribution in [2.75, 3.05) is 13.1 Å². The van der Waals surface area contributed by atoms with E-state index in [1.54, 1.807) is 13.8 Å². The molecule has 1 aliphatic carbocycles. The average molecular weight is 326 g/mol. The van der Waals surface area contributed by atoms with Crippen LogP contribution in [0.15, 0.2) is 16.9 Å². The zero-order valence-electron chi connectivity index (χ0n) is 13.2. The van der Waals surface area contributed by atoms with Crippen molar-refractivity contribution in [3.63, 3.8) is 0 Å². The summed E-state index contributed by atoms with van der Waals surface area (Å²) in [6.07, 6.45) is 1.95. The number of rotatable bonds is 5. The van der Waals surface area contributed by atoms with Crippen molar-refractivity contribution in [2.24, 2.45) is 0 Å². The molecule has 1 saturated carbocycles. The first-order valence-corrected chi connectivity index (χ1v) is 9.18. The minimum atomic E-state index is -3.20. The first kappa shape index (κ1) is 15.6. The zero-order chi connectivity index (χ0) is 16.1. The van der Waals surface area contributed by atoms with Gasteiger partial charge in [-0.05, 0) is 39.7 Å². The van der Waals surface area contributed by atoms with E-state index in [2.05, 4.69) is 0 Å². The molecule has 0 radical (unpaired) electrons. The van der Waals surface area contributed by atoms with Crippen molar-refractivity contribution in [3.8, 4) is 5.75 Å². The standard InChI is InChI=1S/C15H22N2O4S/c1-10(2)22(19,20)16-8-14(9-16)21-13-6-11(3)17(12-4-5-12)15(18)7-13/h6-7,10,12,14H,4-5,8-9H2,1-3H3. The summed E-state index contributed by atoms with van der Waals surface area (Å²) in [6, 6.07) is 3.71.